The highest BCUT2D eigenvalue weighted by Gasteiger charge is 2.19. The maximum Gasteiger partial charge on any atom is 0.0444 e. The Morgan fingerprint density at radius 3 is 2.76 bits per heavy atom. The van der Waals surface area contributed by atoms with E-state index in [1.807, 2.05) is 6.20 Å². The molecule has 0 bridgehead atoms. The first kappa shape index (κ1) is 14.0. The molecule has 2 unspecified atom stereocenters. The molecule has 94 valence electrons. The fraction of sp³-hybridized carbons (Fsp3) is 0.562. The molecule has 1 aliphatic rings. The van der Waals surface area contributed by atoms with Crippen LogP contribution in [0.4, 0.5) is 0 Å². The normalized spacial score (nSPS) is 26.1. The molecule has 0 heterocycles. The van der Waals surface area contributed by atoms with Crippen LogP contribution >= 0.6 is 0 Å². The van der Waals surface area contributed by atoms with E-state index in [4.69, 9.17) is 0 Å². The molecule has 17 heavy (non-hydrogen) atoms. The van der Waals surface area contributed by atoms with Crippen molar-refractivity contribution in [1.82, 2.24) is 0 Å². The highest BCUT2D eigenvalue weighted by atomic mass is 14.7. The van der Waals surface area contributed by atoms with Gasteiger partial charge in [-0.1, -0.05) is 51.0 Å². The van der Waals surface area contributed by atoms with Gasteiger partial charge in [0.2, 0.25) is 0 Å². The predicted molar refractivity (Wildman–Crippen MR) is 77.3 cm³/mol. The Bertz CT molecular complexity index is 369. The third kappa shape index (κ3) is 3.69. The van der Waals surface area contributed by atoms with E-state index in [2.05, 4.69) is 57.8 Å². The number of rotatable bonds is 4. The quantitative estimate of drug-likeness (QED) is 0.609. The lowest BCUT2D eigenvalue weighted by atomic mass is 9.81. The van der Waals surface area contributed by atoms with Crippen molar-refractivity contribution in [2.24, 2.45) is 16.8 Å². The standard InChI is InChI=1S/C16H25N/c1-6-7-8-11-17-15(5)16-10-9-12(2)13(3)14(16)4/h8-13H,6-7H2,1-5H3/b11-8+,17-15?. The van der Waals surface area contributed by atoms with Gasteiger partial charge in [-0.05, 0) is 37.7 Å². The molecule has 0 spiro atoms. The van der Waals surface area contributed by atoms with Crippen molar-refractivity contribution < 1.29 is 0 Å². The smallest absolute Gasteiger partial charge is 0.0444 e. The monoisotopic (exact) mass is 231 g/mol. The second-order valence-corrected chi connectivity index (χ2v) is 4.99. The second-order valence-electron chi connectivity index (χ2n) is 4.99. The number of hydrogen-bond donors (Lipinski definition) is 0. The van der Waals surface area contributed by atoms with Crippen molar-refractivity contribution in [1.29, 1.82) is 0 Å². The first-order valence-corrected chi connectivity index (χ1v) is 6.66. The van der Waals surface area contributed by atoms with Gasteiger partial charge >= 0.3 is 0 Å². The van der Waals surface area contributed by atoms with Gasteiger partial charge in [0.05, 0.1) is 0 Å². The average Bonchev–Trinajstić information content (AvgIpc) is 2.31. The van der Waals surface area contributed by atoms with Crippen LogP contribution in [0, 0.1) is 11.8 Å². The van der Waals surface area contributed by atoms with Crippen LogP contribution in [0.2, 0.25) is 0 Å². The lowest BCUT2D eigenvalue weighted by Gasteiger charge is -2.24. The fourth-order valence-electron chi connectivity index (χ4n) is 2.07. The largest absolute Gasteiger partial charge is 0.261 e. The van der Waals surface area contributed by atoms with Crippen LogP contribution < -0.4 is 0 Å². The van der Waals surface area contributed by atoms with Crippen LogP contribution in [-0.2, 0) is 0 Å². The topological polar surface area (TPSA) is 12.4 Å². The van der Waals surface area contributed by atoms with E-state index in [1.165, 1.54) is 17.6 Å². The van der Waals surface area contributed by atoms with Crippen LogP contribution in [0.1, 0.15) is 47.5 Å². The van der Waals surface area contributed by atoms with Crippen molar-refractivity contribution in [3.05, 3.63) is 35.6 Å². The number of aliphatic imine (C=N–C) groups is 1. The van der Waals surface area contributed by atoms with Gasteiger partial charge in [-0.3, -0.25) is 4.99 Å². The Labute approximate surface area is 106 Å². The molecule has 0 saturated heterocycles. The van der Waals surface area contributed by atoms with Crippen molar-refractivity contribution in [2.75, 3.05) is 0 Å². The zero-order chi connectivity index (χ0) is 12.8. The van der Waals surface area contributed by atoms with Crippen LogP contribution in [0.3, 0.4) is 0 Å². The summed E-state index contributed by atoms with van der Waals surface area (Å²) in [4.78, 5) is 4.52. The average molecular weight is 231 g/mol. The molecule has 0 amide bonds. The molecule has 0 radical (unpaired) electrons. The lowest BCUT2D eigenvalue weighted by Crippen LogP contribution is -2.15. The summed E-state index contributed by atoms with van der Waals surface area (Å²) in [6.45, 7) is 11.1. The molecule has 0 aromatic heterocycles. The molecule has 2 atom stereocenters. The molecule has 0 aromatic rings. The maximum absolute atomic E-state index is 4.52. The number of allylic oxidation sites excluding steroid dienone is 5. The Morgan fingerprint density at radius 1 is 1.41 bits per heavy atom. The summed E-state index contributed by atoms with van der Waals surface area (Å²) in [5, 5.41) is 0. The number of hydrogen-bond acceptors (Lipinski definition) is 1. The Balaban J connectivity index is 2.82. The molecule has 1 heteroatoms. The first-order chi connectivity index (χ1) is 8.07. The summed E-state index contributed by atoms with van der Waals surface area (Å²) < 4.78 is 0. The second kappa shape index (κ2) is 6.58. The van der Waals surface area contributed by atoms with Gasteiger partial charge in [0.15, 0.2) is 0 Å². The van der Waals surface area contributed by atoms with E-state index in [1.54, 1.807) is 0 Å². The van der Waals surface area contributed by atoms with Crippen molar-refractivity contribution >= 4 is 5.71 Å². The van der Waals surface area contributed by atoms with E-state index in [9.17, 15) is 0 Å². The molecule has 0 aliphatic heterocycles. The minimum Gasteiger partial charge on any atom is -0.261 e. The van der Waals surface area contributed by atoms with E-state index in [0.717, 1.165) is 12.1 Å². The van der Waals surface area contributed by atoms with Gasteiger partial charge in [0.25, 0.3) is 0 Å². The minimum absolute atomic E-state index is 0.625. The molecule has 0 fully saturated rings. The van der Waals surface area contributed by atoms with Gasteiger partial charge < -0.3 is 0 Å². The summed E-state index contributed by atoms with van der Waals surface area (Å²) >= 11 is 0. The van der Waals surface area contributed by atoms with Crippen LogP contribution in [0.15, 0.2) is 40.6 Å². The summed E-state index contributed by atoms with van der Waals surface area (Å²) in [5.74, 6) is 1.27. The van der Waals surface area contributed by atoms with Gasteiger partial charge in [-0.25, -0.2) is 0 Å². The molecule has 0 saturated carbocycles. The summed E-state index contributed by atoms with van der Waals surface area (Å²) in [7, 11) is 0. The Kier molecular flexibility index (Phi) is 5.40. The van der Waals surface area contributed by atoms with Gasteiger partial charge in [0.1, 0.15) is 0 Å². The van der Waals surface area contributed by atoms with Gasteiger partial charge in [0, 0.05) is 11.9 Å². The van der Waals surface area contributed by atoms with Crippen LogP contribution in [0.5, 0.6) is 0 Å². The highest BCUT2D eigenvalue weighted by molar-refractivity contribution is 6.02. The van der Waals surface area contributed by atoms with Crippen LogP contribution in [-0.4, -0.2) is 5.71 Å². The maximum atomic E-state index is 4.52. The molecular weight excluding hydrogens is 206 g/mol. The van der Waals surface area contributed by atoms with Crippen LogP contribution in [0.25, 0.3) is 0 Å². The zero-order valence-corrected chi connectivity index (χ0v) is 11.8. The molecule has 1 aliphatic carbocycles. The summed E-state index contributed by atoms with van der Waals surface area (Å²) in [5.41, 5.74) is 3.91. The minimum atomic E-state index is 0.625. The van der Waals surface area contributed by atoms with Crippen molar-refractivity contribution in [3.8, 4) is 0 Å². The van der Waals surface area contributed by atoms with Gasteiger partial charge in [-0.2, -0.15) is 0 Å². The molecule has 0 aromatic carbocycles. The number of nitrogens with zero attached hydrogens (tertiary/aromatic N) is 1. The fourth-order valence-corrected chi connectivity index (χ4v) is 2.07. The van der Waals surface area contributed by atoms with E-state index in [0.29, 0.717) is 11.8 Å². The molecule has 1 nitrogen and oxygen atoms in total. The first-order valence-electron chi connectivity index (χ1n) is 6.66. The van der Waals surface area contributed by atoms with Gasteiger partial charge in [-0.15, -0.1) is 0 Å². The van der Waals surface area contributed by atoms with Crippen molar-refractivity contribution in [3.63, 3.8) is 0 Å². The zero-order valence-electron chi connectivity index (χ0n) is 11.8. The predicted octanol–water partition coefficient (Wildman–Crippen LogP) is 4.92. The lowest BCUT2D eigenvalue weighted by molar-refractivity contribution is 0.520. The van der Waals surface area contributed by atoms with E-state index >= 15 is 0 Å². The third-order valence-electron chi connectivity index (χ3n) is 3.68. The third-order valence-corrected chi connectivity index (χ3v) is 3.68. The number of unbranched alkanes of at least 4 members (excludes halogenated alkanes) is 1. The Morgan fingerprint density at radius 2 is 2.12 bits per heavy atom. The molecule has 0 N–H and O–H groups in total. The highest BCUT2D eigenvalue weighted by Crippen LogP contribution is 2.29. The molecular formula is C16H25N. The van der Waals surface area contributed by atoms with Crippen molar-refractivity contribution in [2.45, 2.75) is 47.5 Å². The summed E-state index contributed by atoms with van der Waals surface area (Å²) in [6.07, 6.45) is 10.9. The Hall–Kier alpha value is -1.11. The van der Waals surface area contributed by atoms with E-state index < -0.39 is 0 Å². The molecule has 1 rings (SSSR count). The summed E-state index contributed by atoms with van der Waals surface area (Å²) in [6, 6.07) is 0. The van der Waals surface area contributed by atoms with E-state index in [-0.39, 0.29) is 0 Å². The SMILES string of the molecule is CCC/C=C/N=C(C)C1=C(C)C(C)C(C)C=C1.